The molecule has 0 saturated heterocycles. The molecule has 35 heavy (non-hydrogen) atoms. The summed E-state index contributed by atoms with van der Waals surface area (Å²) in [6.45, 7) is 6.42. The van der Waals surface area contributed by atoms with E-state index in [-0.39, 0.29) is 11.5 Å². The first kappa shape index (κ1) is 23.3. The van der Waals surface area contributed by atoms with Gasteiger partial charge in [-0.25, -0.2) is 8.42 Å². The minimum Gasteiger partial charge on any atom is -0.496 e. The predicted octanol–water partition coefficient (Wildman–Crippen LogP) is 5.83. The zero-order valence-electron chi connectivity index (χ0n) is 20.5. The van der Waals surface area contributed by atoms with Gasteiger partial charge in [0.05, 0.1) is 18.2 Å². The second kappa shape index (κ2) is 8.34. The summed E-state index contributed by atoms with van der Waals surface area (Å²) in [6, 6.07) is 17.5. The van der Waals surface area contributed by atoms with Crippen molar-refractivity contribution in [2.75, 3.05) is 24.6 Å². The Morgan fingerprint density at radius 1 is 1.06 bits per heavy atom. The summed E-state index contributed by atoms with van der Waals surface area (Å²) in [7, 11) is -1.61. The fourth-order valence-corrected chi connectivity index (χ4v) is 5.39. The van der Waals surface area contributed by atoms with E-state index in [1.807, 2.05) is 36.4 Å². The van der Waals surface area contributed by atoms with Crippen LogP contribution in [-0.2, 0) is 9.84 Å². The van der Waals surface area contributed by atoms with E-state index in [1.54, 1.807) is 13.2 Å². The highest BCUT2D eigenvalue weighted by Crippen LogP contribution is 2.53. The van der Waals surface area contributed by atoms with Crippen LogP contribution in [0.25, 0.3) is 16.7 Å². The van der Waals surface area contributed by atoms with E-state index in [0.717, 1.165) is 56.8 Å². The Bertz CT molecular complexity index is 1460. The number of fused-ring (bicyclic) bond motifs is 5. The maximum Gasteiger partial charge on any atom is 0.188 e. The first-order valence-electron chi connectivity index (χ1n) is 11.5. The largest absolute Gasteiger partial charge is 0.496 e. The van der Waals surface area contributed by atoms with E-state index in [2.05, 4.69) is 44.3 Å². The van der Waals surface area contributed by atoms with Crippen molar-refractivity contribution in [2.24, 2.45) is 0 Å². The molecule has 0 saturated carbocycles. The van der Waals surface area contributed by atoms with Crippen LogP contribution in [0.3, 0.4) is 0 Å². The highest BCUT2D eigenvalue weighted by molar-refractivity contribution is 7.90. The van der Waals surface area contributed by atoms with Crippen LogP contribution in [-0.4, -0.2) is 33.3 Å². The Morgan fingerprint density at radius 3 is 2.57 bits per heavy atom. The minimum absolute atomic E-state index is 0.175. The molecule has 2 aliphatic rings. The van der Waals surface area contributed by atoms with Gasteiger partial charge in [-0.15, -0.1) is 0 Å². The number of hydrogen-bond donors (Lipinski definition) is 1. The van der Waals surface area contributed by atoms with Crippen LogP contribution in [0.4, 0.5) is 5.69 Å². The number of nitrogens with one attached hydrogen (secondary N) is 1. The smallest absolute Gasteiger partial charge is 0.188 e. The molecule has 0 amide bonds. The van der Waals surface area contributed by atoms with Gasteiger partial charge in [0.25, 0.3) is 0 Å². The lowest BCUT2D eigenvalue weighted by molar-refractivity contribution is 0.241. The number of ether oxygens (including phenoxy) is 3. The first-order valence-corrected chi connectivity index (χ1v) is 13.5. The Morgan fingerprint density at radius 2 is 1.83 bits per heavy atom. The molecule has 2 aliphatic heterocycles. The van der Waals surface area contributed by atoms with Crippen molar-refractivity contribution in [1.29, 1.82) is 0 Å². The first-order chi connectivity index (χ1) is 16.6. The van der Waals surface area contributed by atoms with Crippen molar-refractivity contribution < 1.29 is 22.6 Å². The standard InChI is InChI=1S/C28H29NO5S/c1-17-15-28(2,3)29-21-13-12-20-25-22(32-4)10-7-11-23(25)34-27(26(20)24(17)21)18-8-6-9-19(14-18)33-16-35(5,30)31/h6-15,27,29H,16H2,1-5H3. The van der Waals surface area contributed by atoms with Crippen LogP contribution in [0.15, 0.2) is 60.7 Å². The number of benzene rings is 3. The molecule has 1 unspecified atom stereocenters. The zero-order valence-corrected chi connectivity index (χ0v) is 21.3. The normalized spacial score (nSPS) is 17.6. The third-order valence-electron chi connectivity index (χ3n) is 6.26. The zero-order chi connectivity index (χ0) is 25.0. The number of rotatable bonds is 5. The molecule has 0 fully saturated rings. The molecule has 6 nitrogen and oxygen atoms in total. The van der Waals surface area contributed by atoms with Gasteiger partial charge < -0.3 is 19.5 Å². The van der Waals surface area contributed by atoms with E-state index < -0.39 is 15.9 Å². The summed E-state index contributed by atoms with van der Waals surface area (Å²) >= 11 is 0. The van der Waals surface area contributed by atoms with Crippen LogP contribution in [0.2, 0.25) is 0 Å². The molecule has 0 spiro atoms. The van der Waals surface area contributed by atoms with E-state index >= 15 is 0 Å². The molecular weight excluding hydrogens is 462 g/mol. The lowest BCUT2D eigenvalue weighted by atomic mass is 9.80. The Hall–Kier alpha value is -3.45. The van der Waals surface area contributed by atoms with Crippen molar-refractivity contribution in [3.63, 3.8) is 0 Å². The Labute approximate surface area is 206 Å². The van der Waals surface area contributed by atoms with Gasteiger partial charge in [-0.3, -0.25) is 0 Å². The Balaban J connectivity index is 1.71. The number of methoxy groups -OCH3 is 1. The van der Waals surface area contributed by atoms with Crippen LogP contribution in [0, 0.1) is 0 Å². The lowest BCUT2D eigenvalue weighted by Crippen LogP contribution is -2.32. The fourth-order valence-electron chi connectivity index (χ4n) is 5.04. The van der Waals surface area contributed by atoms with Gasteiger partial charge in [-0.2, -0.15) is 0 Å². The quantitative estimate of drug-likeness (QED) is 0.484. The van der Waals surface area contributed by atoms with Gasteiger partial charge in [0.1, 0.15) is 17.2 Å². The van der Waals surface area contributed by atoms with Crippen molar-refractivity contribution in [3.8, 4) is 28.4 Å². The maximum atomic E-state index is 11.6. The highest BCUT2D eigenvalue weighted by Gasteiger charge is 2.35. The van der Waals surface area contributed by atoms with Crippen LogP contribution < -0.4 is 19.5 Å². The van der Waals surface area contributed by atoms with Gasteiger partial charge >= 0.3 is 0 Å². The summed E-state index contributed by atoms with van der Waals surface area (Å²) in [5, 5.41) is 3.64. The third kappa shape index (κ3) is 4.36. The highest BCUT2D eigenvalue weighted by atomic mass is 32.2. The van der Waals surface area contributed by atoms with Gasteiger partial charge in [0, 0.05) is 28.6 Å². The fraction of sp³-hybridized carbons (Fsp3) is 0.286. The average molecular weight is 492 g/mol. The monoisotopic (exact) mass is 491 g/mol. The molecular formula is C28H29NO5S. The molecule has 182 valence electrons. The van der Waals surface area contributed by atoms with Crippen molar-refractivity contribution in [2.45, 2.75) is 32.4 Å². The number of anilines is 1. The van der Waals surface area contributed by atoms with Crippen molar-refractivity contribution in [1.82, 2.24) is 0 Å². The molecule has 1 atom stereocenters. The summed E-state index contributed by atoms with van der Waals surface area (Å²) < 4.78 is 41.2. The molecule has 7 heteroatoms. The number of sulfone groups is 1. The molecule has 1 N–H and O–H groups in total. The van der Waals surface area contributed by atoms with Crippen LogP contribution >= 0.6 is 0 Å². The summed E-state index contributed by atoms with van der Waals surface area (Å²) in [5.74, 6) is 1.58. The van der Waals surface area contributed by atoms with Gasteiger partial charge in [-0.05, 0) is 62.2 Å². The van der Waals surface area contributed by atoms with E-state index in [1.165, 1.54) is 0 Å². The molecule has 5 rings (SSSR count). The van der Waals surface area contributed by atoms with Crippen molar-refractivity contribution in [3.05, 3.63) is 77.4 Å². The molecule has 3 aromatic carbocycles. The van der Waals surface area contributed by atoms with E-state index in [9.17, 15) is 8.42 Å². The van der Waals surface area contributed by atoms with Crippen molar-refractivity contribution >= 4 is 21.1 Å². The molecule has 0 aromatic heterocycles. The number of allylic oxidation sites excluding steroid dienone is 1. The molecule has 3 aromatic rings. The molecule has 2 heterocycles. The van der Waals surface area contributed by atoms with Gasteiger partial charge in [0.2, 0.25) is 0 Å². The molecule has 0 radical (unpaired) electrons. The van der Waals surface area contributed by atoms with Crippen LogP contribution in [0.1, 0.15) is 43.6 Å². The topological polar surface area (TPSA) is 73.9 Å². The molecule has 0 aliphatic carbocycles. The van der Waals surface area contributed by atoms with E-state index in [4.69, 9.17) is 14.2 Å². The van der Waals surface area contributed by atoms with Gasteiger partial charge in [0.15, 0.2) is 21.9 Å². The van der Waals surface area contributed by atoms with E-state index in [0.29, 0.717) is 5.75 Å². The number of hydrogen-bond acceptors (Lipinski definition) is 6. The summed E-state index contributed by atoms with van der Waals surface area (Å²) in [6.07, 6.45) is 2.96. The molecule has 0 bridgehead atoms. The average Bonchev–Trinajstić information content (AvgIpc) is 2.80. The predicted molar refractivity (Wildman–Crippen MR) is 139 cm³/mol. The second-order valence-electron chi connectivity index (χ2n) is 9.72. The maximum absolute atomic E-state index is 11.6. The third-order valence-corrected chi connectivity index (χ3v) is 6.80. The van der Waals surface area contributed by atoms with Gasteiger partial charge in [-0.1, -0.05) is 30.3 Å². The SMILES string of the molecule is COc1cccc2c1-c1ccc3c(c1C(c1cccc(OCS(C)(=O)=O)c1)O2)C(C)=CC(C)(C)N3. The lowest BCUT2D eigenvalue weighted by Gasteiger charge is -2.37. The van der Waals surface area contributed by atoms with Crippen LogP contribution in [0.5, 0.6) is 17.2 Å². The Kier molecular flexibility index (Phi) is 5.55. The summed E-state index contributed by atoms with van der Waals surface area (Å²) in [5.41, 5.74) is 7.02. The summed E-state index contributed by atoms with van der Waals surface area (Å²) in [4.78, 5) is 0. The minimum atomic E-state index is -3.27. The second-order valence-corrected chi connectivity index (χ2v) is 11.8.